The summed E-state index contributed by atoms with van der Waals surface area (Å²) in [6.07, 6.45) is 1.07. The van der Waals surface area contributed by atoms with Gasteiger partial charge in [-0.2, -0.15) is 0 Å². The summed E-state index contributed by atoms with van der Waals surface area (Å²) in [4.78, 5) is 11.8. The summed E-state index contributed by atoms with van der Waals surface area (Å²) in [7, 11) is 0. The van der Waals surface area contributed by atoms with Gasteiger partial charge in [-0.1, -0.05) is 25.1 Å². The van der Waals surface area contributed by atoms with E-state index in [1.165, 1.54) is 0 Å². The summed E-state index contributed by atoms with van der Waals surface area (Å²) in [5.41, 5.74) is 1.01. The van der Waals surface area contributed by atoms with E-state index in [-0.39, 0.29) is 5.97 Å². The van der Waals surface area contributed by atoms with E-state index in [0.717, 1.165) is 17.7 Å². The lowest BCUT2D eigenvalue weighted by molar-refractivity contribution is -0.134. The first-order valence-corrected chi connectivity index (χ1v) is 6.13. The Kier molecular flexibility index (Phi) is 2.74. The number of hydrogen-bond acceptors (Lipinski definition) is 3. The fourth-order valence-electron chi connectivity index (χ4n) is 1.70. The van der Waals surface area contributed by atoms with Gasteiger partial charge in [0, 0.05) is 5.56 Å². The Morgan fingerprint density at radius 2 is 2.13 bits per heavy atom. The van der Waals surface area contributed by atoms with Crippen molar-refractivity contribution in [2.45, 2.75) is 25.0 Å². The van der Waals surface area contributed by atoms with Crippen molar-refractivity contribution < 1.29 is 9.53 Å². The molecule has 1 atom stereocenters. The minimum Gasteiger partial charge on any atom is -0.425 e. The number of fused-ring (bicyclic) bond motifs is 1. The molecule has 15 heavy (non-hydrogen) atoms. The predicted molar refractivity (Wildman–Crippen MR) is 62.2 cm³/mol. The van der Waals surface area contributed by atoms with Crippen molar-refractivity contribution in [3.8, 4) is 5.75 Å². The Morgan fingerprint density at radius 1 is 1.40 bits per heavy atom. The molecule has 0 amide bonds. The van der Waals surface area contributed by atoms with Gasteiger partial charge in [0.05, 0.1) is 0 Å². The highest BCUT2D eigenvalue weighted by atomic mass is 32.2. The lowest BCUT2D eigenvalue weighted by Gasteiger charge is -2.19. The van der Waals surface area contributed by atoms with E-state index in [0.29, 0.717) is 5.75 Å². The van der Waals surface area contributed by atoms with E-state index < -0.39 is 4.75 Å². The van der Waals surface area contributed by atoms with Crippen LogP contribution in [0.5, 0.6) is 5.75 Å². The van der Waals surface area contributed by atoms with E-state index in [1.54, 1.807) is 11.8 Å². The number of benzene rings is 1. The summed E-state index contributed by atoms with van der Waals surface area (Å²) in [6.45, 7) is 4.06. The second-order valence-electron chi connectivity index (χ2n) is 3.77. The Labute approximate surface area is 94.0 Å². The molecule has 3 heteroatoms. The Bertz CT molecular complexity index is 389. The molecular weight excluding hydrogens is 208 g/mol. The minimum absolute atomic E-state index is 0.137. The zero-order valence-corrected chi connectivity index (χ0v) is 9.76. The third-order valence-corrected chi connectivity index (χ3v) is 4.16. The number of rotatable bonds is 3. The van der Waals surface area contributed by atoms with Crippen LogP contribution in [0.4, 0.5) is 0 Å². The average molecular weight is 222 g/mol. The number of thioether (sulfide) groups is 1. The van der Waals surface area contributed by atoms with Crippen molar-refractivity contribution in [2.75, 3.05) is 5.75 Å². The number of carbonyl (C=O) groups excluding carboxylic acids is 1. The van der Waals surface area contributed by atoms with Gasteiger partial charge in [-0.05, 0) is 25.2 Å². The maximum absolute atomic E-state index is 11.8. The Morgan fingerprint density at radius 3 is 2.87 bits per heavy atom. The van der Waals surface area contributed by atoms with Gasteiger partial charge in [-0.3, -0.25) is 0 Å². The standard InChI is InChI=1S/C12H14O2S/c1-3-8-15-12(2)9-6-4-5-7-10(9)14-11(12)13/h4-7H,3,8H2,1-2H3/t12-/m0/s1. The van der Waals surface area contributed by atoms with Gasteiger partial charge in [0.1, 0.15) is 10.5 Å². The molecule has 0 fully saturated rings. The second-order valence-corrected chi connectivity index (χ2v) is 5.28. The smallest absolute Gasteiger partial charge is 0.332 e. The molecule has 2 rings (SSSR count). The zero-order valence-electron chi connectivity index (χ0n) is 8.95. The van der Waals surface area contributed by atoms with Crippen LogP contribution >= 0.6 is 11.8 Å². The van der Waals surface area contributed by atoms with Gasteiger partial charge in [-0.15, -0.1) is 11.8 Å². The van der Waals surface area contributed by atoms with Gasteiger partial charge >= 0.3 is 5.97 Å². The summed E-state index contributed by atoms with van der Waals surface area (Å²) >= 11 is 1.66. The molecule has 1 aliphatic heterocycles. The maximum atomic E-state index is 11.8. The van der Waals surface area contributed by atoms with Crippen LogP contribution in [-0.2, 0) is 9.54 Å². The normalized spacial score (nSPS) is 23.7. The largest absolute Gasteiger partial charge is 0.425 e. The van der Waals surface area contributed by atoms with Crippen molar-refractivity contribution in [2.24, 2.45) is 0 Å². The number of hydrogen-bond donors (Lipinski definition) is 0. The van der Waals surface area contributed by atoms with E-state index in [1.807, 2.05) is 31.2 Å². The van der Waals surface area contributed by atoms with Crippen LogP contribution < -0.4 is 4.74 Å². The van der Waals surface area contributed by atoms with Crippen LogP contribution in [0.1, 0.15) is 25.8 Å². The second kappa shape index (κ2) is 3.89. The van der Waals surface area contributed by atoms with Crippen molar-refractivity contribution >= 4 is 17.7 Å². The highest BCUT2D eigenvalue weighted by Crippen LogP contribution is 2.46. The fraction of sp³-hybridized carbons (Fsp3) is 0.417. The number of carbonyl (C=O) groups is 1. The summed E-state index contributed by atoms with van der Waals surface area (Å²) in [6, 6.07) is 7.67. The maximum Gasteiger partial charge on any atom is 0.332 e. The predicted octanol–water partition coefficient (Wildman–Crippen LogP) is 2.96. The quantitative estimate of drug-likeness (QED) is 0.581. The molecule has 1 aromatic carbocycles. The van der Waals surface area contributed by atoms with E-state index in [9.17, 15) is 4.79 Å². The number of ether oxygens (including phenoxy) is 1. The Hall–Kier alpha value is -0.960. The number of para-hydroxylation sites is 1. The molecule has 0 spiro atoms. The van der Waals surface area contributed by atoms with Gasteiger partial charge in [0.2, 0.25) is 0 Å². The van der Waals surface area contributed by atoms with E-state index in [4.69, 9.17) is 4.74 Å². The molecule has 1 heterocycles. The molecule has 0 radical (unpaired) electrons. The molecule has 0 aliphatic carbocycles. The van der Waals surface area contributed by atoms with Gasteiger partial charge in [-0.25, -0.2) is 4.79 Å². The van der Waals surface area contributed by atoms with Crippen LogP contribution in [0.15, 0.2) is 24.3 Å². The summed E-state index contributed by atoms with van der Waals surface area (Å²) < 4.78 is 4.75. The number of esters is 1. The first-order valence-electron chi connectivity index (χ1n) is 5.14. The molecule has 0 saturated heterocycles. The van der Waals surface area contributed by atoms with Crippen LogP contribution in [-0.4, -0.2) is 11.7 Å². The molecule has 0 unspecified atom stereocenters. The van der Waals surface area contributed by atoms with E-state index in [2.05, 4.69) is 6.92 Å². The van der Waals surface area contributed by atoms with Crippen LogP contribution in [0.2, 0.25) is 0 Å². The summed E-state index contributed by atoms with van der Waals surface area (Å²) in [5.74, 6) is 1.55. The van der Waals surface area contributed by atoms with Gasteiger partial charge in [0.25, 0.3) is 0 Å². The van der Waals surface area contributed by atoms with Crippen LogP contribution in [0.25, 0.3) is 0 Å². The van der Waals surface area contributed by atoms with Gasteiger partial charge < -0.3 is 4.74 Å². The SMILES string of the molecule is CCCS[C@]1(C)C(=O)Oc2ccccc21. The fourth-order valence-corrected chi connectivity index (χ4v) is 2.80. The lowest BCUT2D eigenvalue weighted by Crippen LogP contribution is -2.26. The minimum atomic E-state index is -0.507. The van der Waals surface area contributed by atoms with Crippen molar-refractivity contribution in [1.82, 2.24) is 0 Å². The topological polar surface area (TPSA) is 26.3 Å². The van der Waals surface area contributed by atoms with Crippen LogP contribution in [0.3, 0.4) is 0 Å². The molecular formula is C12H14O2S. The van der Waals surface area contributed by atoms with Crippen molar-refractivity contribution in [3.05, 3.63) is 29.8 Å². The molecule has 0 bridgehead atoms. The van der Waals surface area contributed by atoms with E-state index >= 15 is 0 Å². The van der Waals surface area contributed by atoms with Crippen molar-refractivity contribution in [3.63, 3.8) is 0 Å². The third-order valence-electron chi connectivity index (χ3n) is 2.59. The molecule has 0 N–H and O–H groups in total. The monoisotopic (exact) mass is 222 g/mol. The molecule has 0 saturated carbocycles. The Balaban J connectivity index is 2.36. The lowest BCUT2D eigenvalue weighted by atomic mass is 10.0. The third kappa shape index (κ3) is 1.65. The van der Waals surface area contributed by atoms with Crippen LogP contribution in [0, 0.1) is 0 Å². The van der Waals surface area contributed by atoms with Gasteiger partial charge in [0.15, 0.2) is 0 Å². The molecule has 0 aromatic heterocycles. The highest BCUT2D eigenvalue weighted by molar-refractivity contribution is 8.00. The first kappa shape index (κ1) is 10.6. The average Bonchev–Trinajstić information content (AvgIpc) is 2.50. The van der Waals surface area contributed by atoms with Crippen molar-refractivity contribution in [1.29, 1.82) is 0 Å². The molecule has 1 aliphatic rings. The zero-order chi connectivity index (χ0) is 10.9. The molecule has 80 valence electrons. The molecule has 1 aromatic rings. The first-order chi connectivity index (χ1) is 7.18. The molecule has 2 nitrogen and oxygen atoms in total. The summed E-state index contributed by atoms with van der Waals surface area (Å²) in [5, 5.41) is 0. The highest BCUT2D eigenvalue weighted by Gasteiger charge is 2.45.